The number of phenols is 1. The molecule has 10 nitrogen and oxygen atoms in total. The zero-order valence-corrected chi connectivity index (χ0v) is 69.2. The number of allylic oxidation sites excluding steroid dienone is 2. The molecule has 1 unspecified atom stereocenters. The van der Waals surface area contributed by atoms with Crippen molar-refractivity contribution in [3.63, 3.8) is 0 Å². The number of carbonyl (C=O) groups excluding carboxylic acids is 2. The Labute approximate surface area is 636 Å². The average molecular weight is 1440 g/mol. The largest absolute Gasteiger partial charge is 0.513 e. The van der Waals surface area contributed by atoms with Crippen LogP contribution in [-0.4, -0.2) is 53.9 Å². The van der Waals surface area contributed by atoms with Crippen LogP contribution < -0.4 is 15.6 Å². The predicted molar refractivity (Wildman–Crippen MR) is 452 cm³/mol. The van der Waals surface area contributed by atoms with Crippen molar-refractivity contribution in [2.75, 3.05) is 20.7 Å². The Morgan fingerprint density at radius 2 is 1.12 bits per heavy atom. The van der Waals surface area contributed by atoms with Crippen LogP contribution in [0, 0.1) is 68.0 Å². The summed E-state index contributed by atoms with van der Waals surface area (Å²) in [6.07, 6.45) is 19.6. The number of rotatable bonds is 11. The van der Waals surface area contributed by atoms with E-state index in [-0.39, 0.29) is 64.0 Å². The monoisotopic (exact) mass is 1440 g/mol. The number of terminal acetylenes is 2. The lowest BCUT2D eigenvalue weighted by Crippen LogP contribution is -2.21. The zero-order valence-electron chi connectivity index (χ0n) is 69.2. The number of benzene rings is 6. The second-order valence-corrected chi connectivity index (χ2v) is 36.9. The molecule has 3 N–H and O–H groups in total. The maximum Gasteiger partial charge on any atom is 0.347 e. The van der Waals surface area contributed by atoms with Crippen molar-refractivity contribution in [2.45, 2.75) is 244 Å². The standard InChI is InChI=1S/C33H33NO4.C15H16O3.C11H16.C7H16O.C7H14O.C7H14.2C7H12.CH4/c1-33(2,3)18-9-19-37-32(36)24-12-7-6-11-23(24)30-25-17-15-22(34(4)5)20-28(25)38-31-26(30)16-14-21-10-8-13-27(35)29(21)31;1-15(2,3)9-12(16)11-8-10-6-4-5-7-13(10)18-14(11)17;1-11(2,3)9-10-7-5-4-6-8-10;2*1-6(8)5-7(2,3)4;3*1-5-6-7(2,3)4;/h6-8,10-17,20H,9,18-19H2,1-5H3;4-8H,9H2,1-3H3;4-8H,9H2,1-3H3;6,8H,5H2,1-4H3;8H,1,5H2,2-4H3;5H,1,6H2,2-4H3;2*1H,6H2,2-4H3;1H4/p+1. The van der Waals surface area contributed by atoms with E-state index in [1.165, 1.54) is 5.56 Å². The first-order valence-electron chi connectivity index (χ1n) is 36.6. The minimum atomic E-state index is -0.553. The van der Waals surface area contributed by atoms with Gasteiger partial charge in [0.2, 0.25) is 5.36 Å². The summed E-state index contributed by atoms with van der Waals surface area (Å²) in [5.74, 6) is 5.80. The quantitative estimate of drug-likeness (QED) is 0.0110. The van der Waals surface area contributed by atoms with Gasteiger partial charge >= 0.3 is 11.6 Å². The molecule has 0 amide bonds. The number of esters is 1. The Morgan fingerprint density at radius 1 is 0.590 bits per heavy atom. The molecule has 2 heterocycles. The van der Waals surface area contributed by atoms with Crippen LogP contribution in [0.3, 0.4) is 0 Å². The second kappa shape index (κ2) is 43.2. The number of phenolic OH excluding ortho intramolecular Hbond substituents is 1. The Bertz CT molecular complexity index is 4130. The van der Waals surface area contributed by atoms with E-state index in [2.05, 4.69) is 201 Å². The molecule has 0 spiro atoms. The van der Waals surface area contributed by atoms with Gasteiger partial charge in [0.1, 0.15) is 42.3 Å². The van der Waals surface area contributed by atoms with E-state index in [4.69, 9.17) is 36.6 Å². The molecule has 1 aliphatic heterocycles. The minimum Gasteiger partial charge on any atom is -0.513 e. The third kappa shape index (κ3) is 41.7. The zero-order chi connectivity index (χ0) is 80.0. The molecule has 1 aromatic heterocycles. The normalized spacial score (nSPS) is 11.8. The van der Waals surface area contributed by atoms with Crippen molar-refractivity contribution in [1.29, 1.82) is 0 Å². The van der Waals surface area contributed by atoms with Crippen LogP contribution in [-0.2, 0) is 11.2 Å². The Morgan fingerprint density at radius 3 is 1.56 bits per heavy atom. The van der Waals surface area contributed by atoms with Crippen molar-refractivity contribution < 1.29 is 38.5 Å². The lowest BCUT2D eigenvalue weighted by molar-refractivity contribution is 0.0488. The molecule has 2 aliphatic rings. The summed E-state index contributed by atoms with van der Waals surface area (Å²) in [5, 5.41) is 32.5. The van der Waals surface area contributed by atoms with Gasteiger partial charge in [-0.05, 0) is 135 Å². The Balaban J connectivity index is 0.00000134. The summed E-state index contributed by atoms with van der Waals surface area (Å²) in [6.45, 7) is 60.5. The molecule has 0 saturated carbocycles. The summed E-state index contributed by atoms with van der Waals surface area (Å²) < 4.78 is 19.4. The number of ketones is 1. The molecule has 0 radical (unpaired) electrons. The first-order valence-corrected chi connectivity index (χ1v) is 36.6. The number of aliphatic hydroxyl groups is 2. The molecule has 0 saturated heterocycles. The van der Waals surface area contributed by atoms with E-state index in [1.54, 1.807) is 24.3 Å². The maximum atomic E-state index is 13.4. The number of hydrogen-bond acceptors (Lipinski definition) is 9. The topological polar surface area (TPSA) is 150 Å². The van der Waals surface area contributed by atoms with Crippen LogP contribution in [0.5, 0.6) is 5.75 Å². The van der Waals surface area contributed by atoms with Gasteiger partial charge in [0.05, 0.1) is 35.5 Å². The van der Waals surface area contributed by atoms with Crippen LogP contribution in [0.4, 0.5) is 0 Å². The third-order valence-corrected chi connectivity index (χ3v) is 14.8. The second-order valence-electron chi connectivity index (χ2n) is 36.9. The van der Waals surface area contributed by atoms with E-state index < -0.39 is 5.63 Å². The molecule has 8 rings (SSSR count). The molecule has 105 heavy (non-hydrogen) atoms. The maximum absolute atomic E-state index is 13.4. The van der Waals surface area contributed by atoms with E-state index in [9.17, 15) is 19.5 Å². The highest BCUT2D eigenvalue weighted by Crippen LogP contribution is 2.45. The fraction of sp³-hybridized carbons (Fsp3) is 0.495. The number of nitrogens with zero attached hydrogens (tertiary/aromatic N) is 1. The molecule has 10 heteroatoms. The van der Waals surface area contributed by atoms with E-state index in [1.807, 2.05) is 131 Å². The lowest BCUT2D eigenvalue weighted by Gasteiger charge is -2.19. The van der Waals surface area contributed by atoms with Crippen molar-refractivity contribution in [2.24, 2.45) is 43.3 Å². The van der Waals surface area contributed by atoms with E-state index in [0.29, 0.717) is 69.0 Å². The van der Waals surface area contributed by atoms with Crippen LogP contribution in [0.25, 0.3) is 55.2 Å². The number of aliphatic hydroxyl groups excluding tert-OH is 2. The highest BCUT2D eigenvalue weighted by molar-refractivity contribution is 6.15. The Hall–Kier alpha value is -8.44. The number of Topliss-reactive ketones (excluding diaryl/α,β-unsaturated/α-hetero) is 1. The molecule has 1 atom stereocenters. The van der Waals surface area contributed by atoms with Gasteiger partial charge in [0.15, 0.2) is 5.78 Å². The molecule has 1 aliphatic carbocycles. The summed E-state index contributed by atoms with van der Waals surface area (Å²) in [7, 11) is 3.96. The SMILES string of the molecule is C.C#CCC(C)(C)C.C#CCC(C)(C)C.C=C(O)CC(C)(C)C.C=CCC(C)(C)C.CC(C)(C)CC(=O)c1cc2ccccc2oc1=O.CC(C)(C)Cc1ccccc1.CC(O)CC(C)(C)C.C[N+](C)=c1ccc2c(-c3ccccc3C(=O)OCCCC(C)(C)C)c3ccc4cccc(O)c4c3oc-2c1. The summed E-state index contributed by atoms with van der Waals surface area (Å²) >= 11 is 0. The van der Waals surface area contributed by atoms with Gasteiger partial charge in [0, 0.05) is 53.6 Å². The molecule has 5 aromatic carbocycles. The fourth-order valence-electron chi connectivity index (χ4n) is 10.6. The minimum absolute atomic E-state index is 0. The Kier molecular flexibility index (Phi) is 39.8. The fourth-order valence-corrected chi connectivity index (χ4v) is 10.6. The first-order chi connectivity index (χ1) is 47.6. The lowest BCUT2D eigenvalue weighted by atomic mass is 9.88. The summed E-state index contributed by atoms with van der Waals surface area (Å²) in [4.78, 5) is 37.2. The van der Waals surface area contributed by atoms with Gasteiger partial charge in [-0.1, -0.05) is 271 Å². The molecule has 6 aromatic rings. The van der Waals surface area contributed by atoms with E-state index in [0.717, 1.165) is 83.2 Å². The van der Waals surface area contributed by atoms with Gasteiger partial charge in [-0.2, -0.15) is 0 Å². The number of fused-ring (bicyclic) bond motifs is 5. The van der Waals surface area contributed by atoms with Crippen LogP contribution in [0.15, 0.2) is 172 Å². The van der Waals surface area contributed by atoms with Gasteiger partial charge < -0.3 is 28.9 Å². The van der Waals surface area contributed by atoms with Crippen LogP contribution in [0.1, 0.15) is 258 Å². The van der Waals surface area contributed by atoms with Crippen molar-refractivity contribution in [3.05, 3.63) is 191 Å². The van der Waals surface area contributed by atoms with Gasteiger partial charge in [-0.25, -0.2) is 14.2 Å². The van der Waals surface area contributed by atoms with Crippen molar-refractivity contribution >= 4 is 44.5 Å². The number of aromatic hydroxyl groups is 1. The summed E-state index contributed by atoms with van der Waals surface area (Å²) in [5.41, 5.74) is 7.09. The van der Waals surface area contributed by atoms with Gasteiger partial charge in [-0.15, -0.1) is 31.3 Å². The highest BCUT2D eigenvalue weighted by Gasteiger charge is 2.26. The van der Waals surface area contributed by atoms with E-state index >= 15 is 0 Å². The molecule has 0 bridgehead atoms. The van der Waals surface area contributed by atoms with Gasteiger partial charge in [0.25, 0.3) is 0 Å². The third-order valence-electron chi connectivity index (χ3n) is 14.8. The van der Waals surface area contributed by atoms with Crippen LogP contribution >= 0.6 is 0 Å². The van der Waals surface area contributed by atoms with Crippen molar-refractivity contribution in [1.82, 2.24) is 4.58 Å². The highest BCUT2D eigenvalue weighted by atomic mass is 16.5. The predicted octanol–water partition coefficient (Wildman–Crippen LogP) is 25.4. The molecular weight excluding hydrogens is 1300 g/mol. The smallest absolute Gasteiger partial charge is 0.347 e. The molecule has 0 fully saturated rings. The molecular formula is C95H138NO9+. The number of ether oxygens (including phenoxy) is 1. The van der Waals surface area contributed by atoms with Crippen LogP contribution in [0.2, 0.25) is 0 Å². The first kappa shape index (κ1) is 96.6. The molecule has 576 valence electrons. The number of carbonyl (C=O) groups is 2. The summed E-state index contributed by atoms with van der Waals surface area (Å²) in [6, 6.07) is 42.5. The van der Waals surface area contributed by atoms with Gasteiger partial charge in [-0.3, -0.25) is 4.79 Å². The van der Waals surface area contributed by atoms with Crippen molar-refractivity contribution in [3.8, 4) is 52.9 Å². The number of hydrogen-bond donors (Lipinski definition) is 3. The average Bonchev–Trinajstić information content (AvgIpc) is 0.733. The number of para-hydroxylation sites is 1.